The highest BCUT2D eigenvalue weighted by molar-refractivity contribution is 7.90. The maximum Gasteiger partial charge on any atom is 0.191 e. The standard InChI is InChI=1S/C21H29ClN4O2S/c1-15-12-16(6-11-20(15)29(5,27)28)13-24-21(23-2)25-14-19(26(3)4)17-7-9-18(22)10-8-17/h6-12,19H,13-14H2,1-5H3,(H2,23,24,25). The van der Waals surface area contributed by atoms with Gasteiger partial charge in [-0.25, -0.2) is 8.42 Å². The molecular formula is C21H29ClN4O2S. The Kier molecular flexibility index (Phi) is 8.07. The first-order chi connectivity index (χ1) is 13.6. The van der Waals surface area contributed by atoms with Crippen LogP contribution in [0.1, 0.15) is 22.7 Å². The molecule has 1 atom stereocenters. The highest BCUT2D eigenvalue weighted by Gasteiger charge is 2.15. The Morgan fingerprint density at radius 2 is 1.79 bits per heavy atom. The van der Waals surface area contributed by atoms with E-state index in [1.54, 1.807) is 20.0 Å². The van der Waals surface area contributed by atoms with Crippen molar-refractivity contribution >= 4 is 27.4 Å². The number of benzene rings is 2. The quantitative estimate of drug-likeness (QED) is 0.515. The molecule has 0 aliphatic carbocycles. The van der Waals surface area contributed by atoms with Crippen molar-refractivity contribution in [2.24, 2.45) is 4.99 Å². The maximum absolute atomic E-state index is 11.8. The lowest BCUT2D eigenvalue weighted by atomic mass is 10.1. The largest absolute Gasteiger partial charge is 0.354 e. The van der Waals surface area contributed by atoms with Crippen LogP contribution < -0.4 is 10.6 Å². The van der Waals surface area contributed by atoms with Gasteiger partial charge in [0, 0.05) is 31.4 Å². The molecule has 2 rings (SSSR count). The summed E-state index contributed by atoms with van der Waals surface area (Å²) in [4.78, 5) is 6.78. The molecule has 158 valence electrons. The van der Waals surface area contributed by atoms with Gasteiger partial charge in [0.25, 0.3) is 0 Å². The molecule has 0 saturated carbocycles. The first-order valence-electron chi connectivity index (χ1n) is 9.28. The molecule has 2 aromatic rings. The van der Waals surface area contributed by atoms with Crippen molar-refractivity contribution in [3.63, 3.8) is 0 Å². The van der Waals surface area contributed by atoms with Crippen LogP contribution in [-0.4, -0.2) is 53.2 Å². The van der Waals surface area contributed by atoms with E-state index in [-0.39, 0.29) is 6.04 Å². The summed E-state index contributed by atoms with van der Waals surface area (Å²) in [5.74, 6) is 0.677. The number of likely N-dealkylation sites (N-methyl/N-ethyl adjacent to an activating group) is 1. The van der Waals surface area contributed by atoms with Crippen LogP contribution in [0.15, 0.2) is 52.4 Å². The average molecular weight is 437 g/mol. The Balaban J connectivity index is 2.00. The molecule has 0 radical (unpaired) electrons. The summed E-state index contributed by atoms with van der Waals surface area (Å²) in [5, 5.41) is 7.35. The van der Waals surface area contributed by atoms with Crippen LogP contribution >= 0.6 is 11.6 Å². The summed E-state index contributed by atoms with van der Waals surface area (Å²) in [6.45, 7) is 3.01. The fraction of sp³-hybridized carbons (Fsp3) is 0.381. The Morgan fingerprint density at radius 3 is 2.31 bits per heavy atom. The Morgan fingerprint density at radius 1 is 1.14 bits per heavy atom. The monoisotopic (exact) mass is 436 g/mol. The molecule has 0 aromatic heterocycles. The smallest absolute Gasteiger partial charge is 0.191 e. The van der Waals surface area contributed by atoms with E-state index in [1.807, 2.05) is 50.5 Å². The van der Waals surface area contributed by atoms with Crippen LogP contribution in [0.3, 0.4) is 0 Å². The van der Waals surface area contributed by atoms with Crippen LogP contribution in [0.2, 0.25) is 5.02 Å². The highest BCUT2D eigenvalue weighted by atomic mass is 35.5. The summed E-state index contributed by atoms with van der Waals surface area (Å²) in [6.07, 6.45) is 1.22. The van der Waals surface area contributed by atoms with E-state index in [0.29, 0.717) is 29.0 Å². The van der Waals surface area contributed by atoms with Crippen LogP contribution in [0.4, 0.5) is 0 Å². The third-order valence-electron chi connectivity index (χ3n) is 4.66. The Labute approximate surface area is 178 Å². The second-order valence-electron chi connectivity index (χ2n) is 7.21. The molecule has 0 aliphatic heterocycles. The minimum atomic E-state index is -3.21. The minimum absolute atomic E-state index is 0.155. The number of hydrogen-bond acceptors (Lipinski definition) is 4. The predicted octanol–water partition coefficient (Wildman–Crippen LogP) is 3.02. The molecule has 2 aromatic carbocycles. The summed E-state index contributed by atoms with van der Waals surface area (Å²) < 4.78 is 23.5. The lowest BCUT2D eigenvalue weighted by Crippen LogP contribution is -2.41. The van der Waals surface area contributed by atoms with Crippen molar-refractivity contribution < 1.29 is 8.42 Å². The van der Waals surface area contributed by atoms with E-state index in [0.717, 1.165) is 16.7 Å². The normalized spacial score (nSPS) is 13.4. The molecule has 0 saturated heterocycles. The first-order valence-corrected chi connectivity index (χ1v) is 11.5. The van der Waals surface area contributed by atoms with E-state index in [9.17, 15) is 8.42 Å². The van der Waals surface area contributed by atoms with Crippen molar-refractivity contribution in [2.75, 3.05) is 33.9 Å². The van der Waals surface area contributed by atoms with Gasteiger partial charge in [0.05, 0.1) is 10.9 Å². The number of nitrogens with zero attached hydrogens (tertiary/aromatic N) is 2. The number of aryl methyl sites for hydroxylation is 1. The van der Waals surface area contributed by atoms with Gasteiger partial charge in [-0.15, -0.1) is 0 Å². The van der Waals surface area contributed by atoms with Gasteiger partial charge in [0.1, 0.15) is 0 Å². The number of guanidine groups is 1. The maximum atomic E-state index is 11.8. The SMILES string of the molecule is CN=C(NCc1ccc(S(C)(=O)=O)c(C)c1)NCC(c1ccc(Cl)cc1)N(C)C. The van der Waals surface area contributed by atoms with Crippen molar-refractivity contribution in [3.05, 3.63) is 64.2 Å². The molecule has 6 nitrogen and oxygen atoms in total. The highest BCUT2D eigenvalue weighted by Crippen LogP contribution is 2.20. The van der Waals surface area contributed by atoms with Gasteiger partial charge in [-0.3, -0.25) is 4.99 Å². The molecule has 0 spiro atoms. The molecule has 0 bridgehead atoms. The lowest BCUT2D eigenvalue weighted by Gasteiger charge is -2.26. The van der Waals surface area contributed by atoms with Gasteiger partial charge in [0.15, 0.2) is 15.8 Å². The molecule has 0 amide bonds. The Bertz CT molecular complexity index is 957. The number of nitrogens with one attached hydrogen (secondary N) is 2. The fourth-order valence-corrected chi connectivity index (χ4v) is 4.21. The zero-order valence-corrected chi connectivity index (χ0v) is 19.1. The van der Waals surface area contributed by atoms with Gasteiger partial charge >= 0.3 is 0 Å². The van der Waals surface area contributed by atoms with Crippen LogP contribution in [0, 0.1) is 6.92 Å². The number of hydrogen-bond donors (Lipinski definition) is 2. The minimum Gasteiger partial charge on any atom is -0.354 e. The lowest BCUT2D eigenvalue weighted by molar-refractivity contribution is 0.298. The summed E-state index contributed by atoms with van der Waals surface area (Å²) in [6, 6.07) is 13.3. The van der Waals surface area contributed by atoms with Gasteiger partial charge in [-0.1, -0.05) is 35.9 Å². The van der Waals surface area contributed by atoms with Crippen molar-refractivity contribution in [3.8, 4) is 0 Å². The van der Waals surface area contributed by atoms with E-state index in [1.165, 1.54) is 6.26 Å². The van der Waals surface area contributed by atoms with Crippen molar-refractivity contribution in [1.29, 1.82) is 0 Å². The number of aliphatic imine (C=N–C) groups is 1. The Hall–Kier alpha value is -2.09. The van der Waals surface area contributed by atoms with E-state index in [2.05, 4.69) is 20.5 Å². The van der Waals surface area contributed by atoms with Gasteiger partial charge in [-0.05, 0) is 55.9 Å². The zero-order chi connectivity index (χ0) is 21.6. The molecule has 29 heavy (non-hydrogen) atoms. The zero-order valence-electron chi connectivity index (χ0n) is 17.5. The van der Waals surface area contributed by atoms with Crippen molar-refractivity contribution in [1.82, 2.24) is 15.5 Å². The number of halogens is 1. The number of sulfone groups is 1. The van der Waals surface area contributed by atoms with Crippen LogP contribution in [0.5, 0.6) is 0 Å². The van der Waals surface area contributed by atoms with Gasteiger partial charge in [-0.2, -0.15) is 0 Å². The summed E-state index contributed by atoms with van der Waals surface area (Å²) in [7, 11) is 2.57. The first kappa shape index (κ1) is 23.2. The van der Waals surface area contributed by atoms with Crippen LogP contribution in [0.25, 0.3) is 0 Å². The third-order valence-corrected chi connectivity index (χ3v) is 6.17. The molecule has 2 N–H and O–H groups in total. The second kappa shape index (κ2) is 10.1. The predicted molar refractivity (Wildman–Crippen MR) is 120 cm³/mol. The van der Waals surface area contributed by atoms with E-state index in [4.69, 9.17) is 11.6 Å². The van der Waals surface area contributed by atoms with E-state index < -0.39 is 9.84 Å². The molecule has 1 unspecified atom stereocenters. The third kappa shape index (κ3) is 6.73. The molecule has 8 heteroatoms. The van der Waals surface area contributed by atoms with E-state index >= 15 is 0 Å². The van der Waals surface area contributed by atoms with Gasteiger partial charge < -0.3 is 15.5 Å². The molecule has 0 fully saturated rings. The summed E-state index contributed by atoms with van der Waals surface area (Å²) in [5.41, 5.74) is 2.89. The second-order valence-corrected chi connectivity index (χ2v) is 9.63. The molecule has 0 heterocycles. The summed E-state index contributed by atoms with van der Waals surface area (Å²) >= 11 is 6.00. The average Bonchev–Trinajstić information content (AvgIpc) is 2.64. The topological polar surface area (TPSA) is 73.8 Å². The molecular weight excluding hydrogens is 408 g/mol. The molecule has 0 aliphatic rings. The fourth-order valence-electron chi connectivity index (χ4n) is 3.12. The number of rotatable bonds is 7. The van der Waals surface area contributed by atoms with Crippen LogP contribution in [-0.2, 0) is 16.4 Å². The van der Waals surface area contributed by atoms with Crippen molar-refractivity contribution in [2.45, 2.75) is 24.4 Å². The van der Waals surface area contributed by atoms with Gasteiger partial charge in [0.2, 0.25) is 0 Å².